The summed E-state index contributed by atoms with van der Waals surface area (Å²) in [6.45, 7) is -0.120. The highest BCUT2D eigenvalue weighted by Gasteiger charge is 2.18. The number of thiophene rings is 1. The predicted octanol–water partition coefficient (Wildman–Crippen LogP) is 3.13. The van der Waals surface area contributed by atoms with Gasteiger partial charge < -0.3 is 15.8 Å². The van der Waals surface area contributed by atoms with Crippen molar-refractivity contribution in [3.63, 3.8) is 0 Å². The summed E-state index contributed by atoms with van der Waals surface area (Å²) in [5.41, 5.74) is 6.60. The normalized spacial score (nSPS) is 11.5. The van der Waals surface area contributed by atoms with E-state index in [0.717, 1.165) is 10.4 Å². The molecule has 3 rings (SSSR count). The van der Waals surface area contributed by atoms with E-state index in [1.54, 1.807) is 35.6 Å². The highest BCUT2D eigenvalue weighted by Crippen LogP contribution is 2.25. The number of benzene rings is 2. The maximum absolute atomic E-state index is 12.4. The van der Waals surface area contributed by atoms with E-state index >= 15 is 0 Å². The first kappa shape index (κ1) is 17.7. The van der Waals surface area contributed by atoms with E-state index in [0.29, 0.717) is 11.3 Å². The van der Waals surface area contributed by atoms with Crippen LogP contribution in [0.5, 0.6) is 5.75 Å². The fraction of sp³-hybridized carbons (Fsp3) is 0.100. The van der Waals surface area contributed by atoms with Crippen LogP contribution in [0.3, 0.4) is 0 Å². The molecule has 132 valence electrons. The van der Waals surface area contributed by atoms with Crippen molar-refractivity contribution in [1.29, 1.82) is 0 Å². The molecular formula is C20H18N2O3S. The van der Waals surface area contributed by atoms with E-state index in [2.05, 4.69) is 5.32 Å². The molecule has 0 radical (unpaired) electrons. The number of hydrogen-bond donors (Lipinski definition) is 2. The SMILES string of the molecule is NC(=O)c1ccc(OCC(=O)N[C@@H](c2ccccc2)c2cccs2)cc1. The van der Waals surface area contributed by atoms with Crippen molar-refractivity contribution in [2.24, 2.45) is 5.73 Å². The van der Waals surface area contributed by atoms with Crippen LogP contribution in [-0.4, -0.2) is 18.4 Å². The second-order valence-electron chi connectivity index (χ2n) is 5.60. The van der Waals surface area contributed by atoms with Gasteiger partial charge in [-0.1, -0.05) is 36.4 Å². The summed E-state index contributed by atoms with van der Waals surface area (Å²) in [6, 6.07) is 19.9. The molecule has 0 bridgehead atoms. The summed E-state index contributed by atoms with van der Waals surface area (Å²) < 4.78 is 5.50. The molecule has 0 unspecified atom stereocenters. The average Bonchev–Trinajstić information content (AvgIpc) is 3.20. The van der Waals surface area contributed by atoms with Crippen LogP contribution in [0.2, 0.25) is 0 Å². The highest BCUT2D eigenvalue weighted by molar-refractivity contribution is 7.10. The van der Waals surface area contributed by atoms with Gasteiger partial charge in [-0.25, -0.2) is 0 Å². The number of hydrogen-bond acceptors (Lipinski definition) is 4. The fourth-order valence-corrected chi connectivity index (χ4v) is 3.29. The van der Waals surface area contributed by atoms with Crippen LogP contribution in [0.1, 0.15) is 26.8 Å². The zero-order chi connectivity index (χ0) is 18.4. The predicted molar refractivity (Wildman–Crippen MR) is 101 cm³/mol. The van der Waals surface area contributed by atoms with Crippen molar-refractivity contribution in [3.8, 4) is 5.75 Å². The first-order chi connectivity index (χ1) is 12.6. The molecule has 1 atom stereocenters. The number of primary amides is 1. The monoisotopic (exact) mass is 366 g/mol. The standard InChI is InChI=1S/C20H18N2O3S/c21-20(24)15-8-10-16(11-9-15)25-13-18(23)22-19(17-7-4-12-26-17)14-5-2-1-3-6-14/h1-12,19H,13H2,(H2,21,24)(H,22,23)/t19-/m0/s1. The van der Waals surface area contributed by atoms with E-state index in [1.807, 2.05) is 47.8 Å². The number of nitrogens with one attached hydrogen (secondary N) is 1. The summed E-state index contributed by atoms with van der Waals surface area (Å²) in [4.78, 5) is 24.5. The van der Waals surface area contributed by atoms with Gasteiger partial charge in [0.15, 0.2) is 6.61 Å². The van der Waals surface area contributed by atoms with Gasteiger partial charge in [0.2, 0.25) is 5.91 Å². The van der Waals surface area contributed by atoms with Crippen LogP contribution in [0.4, 0.5) is 0 Å². The zero-order valence-corrected chi connectivity index (χ0v) is 14.7. The average molecular weight is 366 g/mol. The summed E-state index contributed by atoms with van der Waals surface area (Å²) in [6.07, 6.45) is 0. The minimum Gasteiger partial charge on any atom is -0.484 e. The Morgan fingerprint density at radius 2 is 1.73 bits per heavy atom. The van der Waals surface area contributed by atoms with Crippen LogP contribution in [0, 0.1) is 0 Å². The van der Waals surface area contributed by atoms with Crippen molar-refractivity contribution in [3.05, 3.63) is 88.1 Å². The minimum absolute atomic E-state index is 0.120. The summed E-state index contributed by atoms with van der Waals surface area (Å²) in [5.74, 6) is -0.236. The van der Waals surface area contributed by atoms with Crippen LogP contribution in [0.25, 0.3) is 0 Å². The van der Waals surface area contributed by atoms with Gasteiger partial charge >= 0.3 is 0 Å². The molecular weight excluding hydrogens is 348 g/mol. The van der Waals surface area contributed by atoms with E-state index in [9.17, 15) is 9.59 Å². The maximum Gasteiger partial charge on any atom is 0.258 e. The Morgan fingerprint density at radius 3 is 2.35 bits per heavy atom. The Kier molecular flexibility index (Phi) is 5.66. The molecule has 1 aromatic heterocycles. The van der Waals surface area contributed by atoms with Crippen LogP contribution >= 0.6 is 11.3 Å². The van der Waals surface area contributed by atoms with Gasteiger partial charge in [0, 0.05) is 10.4 Å². The Balaban J connectivity index is 1.64. The number of amides is 2. The smallest absolute Gasteiger partial charge is 0.258 e. The lowest BCUT2D eigenvalue weighted by atomic mass is 10.1. The second-order valence-corrected chi connectivity index (χ2v) is 6.58. The van der Waals surface area contributed by atoms with E-state index in [1.165, 1.54) is 0 Å². The Morgan fingerprint density at radius 1 is 1.00 bits per heavy atom. The summed E-state index contributed by atoms with van der Waals surface area (Å²) in [5, 5.41) is 4.99. The minimum atomic E-state index is -0.504. The lowest BCUT2D eigenvalue weighted by Crippen LogP contribution is -2.32. The molecule has 0 saturated heterocycles. The van der Waals surface area contributed by atoms with Crippen molar-refractivity contribution < 1.29 is 14.3 Å². The molecule has 0 spiro atoms. The fourth-order valence-electron chi connectivity index (χ4n) is 2.49. The molecule has 1 heterocycles. The zero-order valence-electron chi connectivity index (χ0n) is 13.9. The van der Waals surface area contributed by atoms with Crippen LogP contribution in [-0.2, 0) is 4.79 Å². The highest BCUT2D eigenvalue weighted by atomic mass is 32.1. The summed E-state index contributed by atoms with van der Waals surface area (Å²) in [7, 11) is 0. The van der Waals surface area contributed by atoms with E-state index < -0.39 is 5.91 Å². The lowest BCUT2D eigenvalue weighted by Gasteiger charge is -2.18. The topological polar surface area (TPSA) is 81.4 Å². The molecule has 6 heteroatoms. The second kappa shape index (κ2) is 8.31. The van der Waals surface area contributed by atoms with Gasteiger partial charge in [-0.2, -0.15) is 0 Å². The third kappa shape index (κ3) is 4.49. The van der Waals surface area contributed by atoms with Crippen LogP contribution < -0.4 is 15.8 Å². The Labute approximate surface area is 155 Å². The van der Waals surface area contributed by atoms with E-state index in [-0.39, 0.29) is 18.6 Å². The third-order valence-electron chi connectivity index (χ3n) is 3.77. The first-order valence-corrected chi connectivity index (χ1v) is 8.92. The van der Waals surface area contributed by atoms with Gasteiger partial charge in [-0.05, 0) is 41.3 Å². The number of nitrogens with two attached hydrogens (primary N) is 1. The summed E-state index contributed by atoms with van der Waals surface area (Å²) >= 11 is 1.59. The van der Waals surface area contributed by atoms with Gasteiger partial charge in [-0.3, -0.25) is 9.59 Å². The third-order valence-corrected chi connectivity index (χ3v) is 4.71. The van der Waals surface area contributed by atoms with Crippen molar-refractivity contribution in [2.75, 3.05) is 6.61 Å². The largest absolute Gasteiger partial charge is 0.484 e. The number of rotatable bonds is 7. The van der Waals surface area contributed by atoms with Gasteiger partial charge in [0.1, 0.15) is 5.75 Å². The molecule has 2 aromatic carbocycles. The molecule has 0 aliphatic heterocycles. The Bertz CT molecular complexity index is 862. The molecule has 0 aliphatic rings. The molecule has 3 aromatic rings. The molecule has 26 heavy (non-hydrogen) atoms. The van der Waals surface area contributed by atoms with Gasteiger partial charge in [0.05, 0.1) is 6.04 Å². The quantitative estimate of drug-likeness (QED) is 0.674. The van der Waals surface area contributed by atoms with Gasteiger partial charge in [0.25, 0.3) is 5.91 Å². The van der Waals surface area contributed by atoms with Crippen molar-refractivity contribution in [1.82, 2.24) is 5.32 Å². The van der Waals surface area contributed by atoms with Crippen molar-refractivity contribution in [2.45, 2.75) is 6.04 Å². The lowest BCUT2D eigenvalue weighted by molar-refractivity contribution is -0.123. The number of carbonyl (C=O) groups excluding carboxylic acids is 2. The Hall–Kier alpha value is -3.12. The van der Waals surface area contributed by atoms with E-state index in [4.69, 9.17) is 10.5 Å². The molecule has 3 N–H and O–H groups in total. The number of carbonyl (C=O) groups is 2. The van der Waals surface area contributed by atoms with Crippen LogP contribution in [0.15, 0.2) is 72.1 Å². The van der Waals surface area contributed by atoms with Crippen molar-refractivity contribution >= 4 is 23.2 Å². The molecule has 2 amide bonds. The number of ether oxygens (including phenoxy) is 1. The first-order valence-electron chi connectivity index (χ1n) is 8.04. The molecule has 0 fully saturated rings. The molecule has 5 nitrogen and oxygen atoms in total. The molecule has 0 saturated carbocycles. The van der Waals surface area contributed by atoms with Gasteiger partial charge in [-0.15, -0.1) is 11.3 Å². The molecule has 0 aliphatic carbocycles. The maximum atomic E-state index is 12.4.